The van der Waals surface area contributed by atoms with Crippen LogP contribution in [0.2, 0.25) is 0 Å². The maximum atomic E-state index is 10.2. The summed E-state index contributed by atoms with van der Waals surface area (Å²) in [6, 6.07) is 0. The van der Waals surface area contributed by atoms with Gasteiger partial charge in [0, 0.05) is 17.8 Å². The Balaban J connectivity index is 2.24. The number of thiazole rings is 1. The van der Waals surface area contributed by atoms with Gasteiger partial charge in [-0.15, -0.1) is 16.2 Å². The second-order valence-corrected chi connectivity index (χ2v) is 3.38. The number of rotatable bonds is 1. The van der Waals surface area contributed by atoms with Crippen LogP contribution in [0, 0.1) is 4.91 Å². The average molecular weight is 169 g/mol. The van der Waals surface area contributed by atoms with E-state index in [0.717, 1.165) is 12.1 Å². The lowest BCUT2D eigenvalue weighted by Crippen LogP contribution is -2.24. The van der Waals surface area contributed by atoms with Crippen molar-refractivity contribution < 1.29 is 0 Å². The molecule has 0 radical (unpaired) electrons. The molecule has 0 aromatic carbocycles. The summed E-state index contributed by atoms with van der Waals surface area (Å²) in [5.41, 5.74) is 2.95. The van der Waals surface area contributed by atoms with Gasteiger partial charge in [0.05, 0.1) is 23.0 Å². The van der Waals surface area contributed by atoms with Gasteiger partial charge in [0.25, 0.3) is 0 Å². The molecule has 1 aliphatic rings. The molecule has 1 aromatic heterocycles. The van der Waals surface area contributed by atoms with Crippen molar-refractivity contribution in [3.63, 3.8) is 0 Å². The van der Waals surface area contributed by atoms with Crippen molar-refractivity contribution >= 4 is 11.3 Å². The Labute approximate surface area is 67.8 Å². The van der Waals surface area contributed by atoms with Crippen LogP contribution in [0.3, 0.4) is 0 Å². The molecule has 1 aliphatic heterocycles. The normalized spacial score (nSPS) is 16.2. The van der Waals surface area contributed by atoms with Crippen LogP contribution in [0.1, 0.15) is 10.6 Å². The van der Waals surface area contributed by atoms with Gasteiger partial charge in [-0.2, -0.15) is 0 Å². The molecule has 1 aromatic rings. The van der Waals surface area contributed by atoms with Crippen LogP contribution >= 0.6 is 11.3 Å². The third-order valence-electron chi connectivity index (χ3n) is 1.77. The van der Waals surface area contributed by atoms with Crippen LogP contribution in [-0.2, 0) is 13.0 Å². The van der Waals surface area contributed by atoms with Crippen molar-refractivity contribution in [2.75, 3.05) is 6.54 Å². The smallest absolute Gasteiger partial charge is 0.0798 e. The first-order valence-electron chi connectivity index (χ1n) is 3.39. The van der Waals surface area contributed by atoms with E-state index in [2.05, 4.69) is 10.3 Å². The fourth-order valence-electron chi connectivity index (χ4n) is 1.18. The minimum Gasteiger partial charge on any atom is -0.255 e. The minimum atomic E-state index is 0.642. The Morgan fingerprint density at radius 3 is 3.45 bits per heavy atom. The lowest BCUT2D eigenvalue weighted by Gasteiger charge is -2.18. The maximum absolute atomic E-state index is 10.2. The van der Waals surface area contributed by atoms with E-state index in [-0.39, 0.29) is 0 Å². The number of nitrogens with zero attached hydrogens (tertiary/aromatic N) is 3. The third-order valence-corrected chi connectivity index (χ3v) is 2.63. The molecule has 0 saturated heterocycles. The standard InChI is InChI=1S/C6H7N3OS/c10-8-9-2-1-5-6(3-9)11-4-7-5/h4H,1-3H2. The zero-order valence-corrected chi connectivity index (χ0v) is 6.67. The summed E-state index contributed by atoms with van der Waals surface area (Å²) in [5.74, 6) is 0. The monoisotopic (exact) mass is 169 g/mol. The first-order chi connectivity index (χ1) is 5.40. The molecule has 58 valence electrons. The van der Waals surface area contributed by atoms with Gasteiger partial charge in [0.2, 0.25) is 0 Å². The Kier molecular flexibility index (Phi) is 1.58. The van der Waals surface area contributed by atoms with Crippen molar-refractivity contribution in [2.45, 2.75) is 13.0 Å². The van der Waals surface area contributed by atoms with Crippen molar-refractivity contribution in [1.29, 1.82) is 0 Å². The molecule has 0 atom stereocenters. The molecule has 0 N–H and O–H groups in total. The third kappa shape index (κ3) is 1.11. The van der Waals surface area contributed by atoms with Gasteiger partial charge in [0.1, 0.15) is 0 Å². The quantitative estimate of drug-likeness (QED) is 0.593. The molecule has 0 unspecified atom stereocenters. The maximum Gasteiger partial charge on any atom is 0.0798 e. The number of hydrogen-bond donors (Lipinski definition) is 0. The number of fused-ring (bicyclic) bond motifs is 1. The van der Waals surface area contributed by atoms with E-state index in [1.54, 1.807) is 11.3 Å². The van der Waals surface area contributed by atoms with E-state index in [1.165, 1.54) is 9.89 Å². The molecule has 0 spiro atoms. The summed E-state index contributed by atoms with van der Waals surface area (Å²) in [4.78, 5) is 15.5. The second-order valence-electron chi connectivity index (χ2n) is 2.44. The lowest BCUT2D eigenvalue weighted by molar-refractivity contribution is 0.265. The summed E-state index contributed by atoms with van der Waals surface area (Å²) in [5, 5.41) is 4.42. The van der Waals surface area contributed by atoms with Gasteiger partial charge in [-0.3, -0.25) is 5.01 Å². The zero-order chi connectivity index (χ0) is 7.68. The topological polar surface area (TPSA) is 45.6 Å². The number of hydrogen-bond acceptors (Lipinski definition) is 4. The Morgan fingerprint density at radius 2 is 2.64 bits per heavy atom. The van der Waals surface area contributed by atoms with Crippen molar-refractivity contribution in [1.82, 2.24) is 9.99 Å². The van der Waals surface area contributed by atoms with Crippen LogP contribution < -0.4 is 0 Å². The van der Waals surface area contributed by atoms with E-state index in [1.807, 2.05) is 5.51 Å². The lowest BCUT2D eigenvalue weighted by atomic mass is 10.2. The Hall–Kier alpha value is -0.970. The van der Waals surface area contributed by atoms with E-state index in [9.17, 15) is 4.91 Å². The number of aromatic nitrogens is 1. The Bertz CT molecular complexity index is 273. The van der Waals surface area contributed by atoms with Crippen LogP contribution in [0.15, 0.2) is 10.8 Å². The van der Waals surface area contributed by atoms with E-state index < -0.39 is 0 Å². The van der Waals surface area contributed by atoms with Gasteiger partial charge in [0.15, 0.2) is 0 Å². The average Bonchev–Trinajstić information content (AvgIpc) is 2.50. The first-order valence-corrected chi connectivity index (χ1v) is 4.27. The molecule has 2 rings (SSSR count). The fourth-order valence-corrected chi connectivity index (χ4v) is 2.00. The fraction of sp³-hybridized carbons (Fsp3) is 0.500. The molecule has 0 aliphatic carbocycles. The van der Waals surface area contributed by atoms with Crippen LogP contribution in [-0.4, -0.2) is 16.5 Å². The highest BCUT2D eigenvalue weighted by atomic mass is 32.1. The van der Waals surface area contributed by atoms with Crippen molar-refractivity contribution in [3.05, 3.63) is 21.0 Å². The van der Waals surface area contributed by atoms with E-state index >= 15 is 0 Å². The predicted octanol–water partition coefficient (Wildman–Crippen LogP) is 1.18. The van der Waals surface area contributed by atoms with Crippen LogP contribution in [0.4, 0.5) is 0 Å². The largest absolute Gasteiger partial charge is 0.255 e. The molecule has 11 heavy (non-hydrogen) atoms. The first kappa shape index (κ1) is 6.72. The van der Waals surface area contributed by atoms with Gasteiger partial charge < -0.3 is 0 Å². The highest BCUT2D eigenvalue weighted by Crippen LogP contribution is 2.21. The van der Waals surface area contributed by atoms with Crippen molar-refractivity contribution in [3.8, 4) is 0 Å². The van der Waals surface area contributed by atoms with Gasteiger partial charge >= 0.3 is 0 Å². The minimum absolute atomic E-state index is 0.642. The summed E-state index contributed by atoms with van der Waals surface area (Å²) in [7, 11) is 0. The summed E-state index contributed by atoms with van der Waals surface area (Å²) in [6.45, 7) is 1.35. The molecule has 5 heteroatoms. The molecule has 0 saturated carbocycles. The summed E-state index contributed by atoms with van der Waals surface area (Å²) in [6.07, 6.45) is 0.852. The van der Waals surface area contributed by atoms with Gasteiger partial charge in [-0.05, 0) is 0 Å². The highest BCUT2D eigenvalue weighted by molar-refractivity contribution is 7.09. The van der Waals surface area contributed by atoms with E-state index in [0.29, 0.717) is 13.1 Å². The summed E-state index contributed by atoms with van der Waals surface area (Å²) < 4.78 is 0. The highest BCUT2D eigenvalue weighted by Gasteiger charge is 2.17. The predicted molar refractivity (Wildman–Crippen MR) is 42.0 cm³/mol. The van der Waals surface area contributed by atoms with Crippen LogP contribution in [0.5, 0.6) is 0 Å². The molecule has 0 bridgehead atoms. The van der Waals surface area contributed by atoms with Crippen LogP contribution in [0.25, 0.3) is 0 Å². The van der Waals surface area contributed by atoms with Gasteiger partial charge in [-0.25, -0.2) is 4.98 Å². The SMILES string of the molecule is O=NN1CCc2ncsc2C1. The molecule has 0 amide bonds. The molecule has 0 fully saturated rings. The molecule has 4 nitrogen and oxygen atoms in total. The van der Waals surface area contributed by atoms with Crippen molar-refractivity contribution in [2.24, 2.45) is 5.29 Å². The Morgan fingerprint density at radius 1 is 1.73 bits per heavy atom. The van der Waals surface area contributed by atoms with E-state index in [4.69, 9.17) is 0 Å². The molecular formula is C6H7N3OS. The zero-order valence-electron chi connectivity index (χ0n) is 5.86. The summed E-state index contributed by atoms with van der Waals surface area (Å²) >= 11 is 1.59. The van der Waals surface area contributed by atoms with Gasteiger partial charge in [-0.1, -0.05) is 0 Å². The molecular weight excluding hydrogens is 162 g/mol. The second kappa shape index (κ2) is 2.58. The molecule has 2 heterocycles. The number of nitroso groups, excluding NO2 is 1.